The molecule has 3 rings (SSSR count). The first kappa shape index (κ1) is 16.4. The molecule has 0 bridgehead atoms. The number of anilines is 1. The number of pyridine rings is 1. The molecule has 1 aliphatic heterocycles. The number of hydrogen-bond donors (Lipinski definition) is 0. The summed E-state index contributed by atoms with van der Waals surface area (Å²) in [5, 5.41) is 4.17. The second-order valence-corrected chi connectivity index (χ2v) is 5.35. The van der Waals surface area contributed by atoms with Gasteiger partial charge in [-0.05, 0) is 19.1 Å². The zero-order valence-electron chi connectivity index (χ0n) is 12.9. The Morgan fingerprint density at radius 1 is 1.21 bits per heavy atom. The van der Waals surface area contributed by atoms with Crippen molar-refractivity contribution < 1.29 is 22.7 Å². The third-order valence-electron chi connectivity index (χ3n) is 3.72. The minimum Gasteiger partial charge on any atom is -0.378 e. The Labute approximate surface area is 135 Å². The molecule has 0 radical (unpaired) electrons. The van der Waals surface area contributed by atoms with Gasteiger partial charge < -0.3 is 9.64 Å². The minimum atomic E-state index is -4.50. The molecule has 0 amide bonds. The van der Waals surface area contributed by atoms with Gasteiger partial charge in [0.15, 0.2) is 5.78 Å². The van der Waals surface area contributed by atoms with E-state index in [0.29, 0.717) is 43.4 Å². The molecule has 9 heteroatoms. The number of aromatic nitrogens is 3. The largest absolute Gasteiger partial charge is 0.433 e. The number of hydrogen-bond acceptors (Lipinski definition) is 5. The average molecular weight is 340 g/mol. The molecule has 0 unspecified atom stereocenters. The van der Waals surface area contributed by atoms with Crippen LogP contribution in [0, 0.1) is 0 Å². The van der Waals surface area contributed by atoms with Gasteiger partial charge in [-0.3, -0.25) is 4.79 Å². The first-order valence-corrected chi connectivity index (χ1v) is 7.33. The number of morpholine rings is 1. The maximum Gasteiger partial charge on any atom is 0.433 e. The number of halogens is 3. The number of ether oxygens (including phenoxy) is 1. The fraction of sp³-hybridized carbons (Fsp3) is 0.400. The van der Waals surface area contributed by atoms with Crippen LogP contribution in [0.3, 0.4) is 0 Å². The summed E-state index contributed by atoms with van der Waals surface area (Å²) in [4.78, 5) is 17.3. The second-order valence-electron chi connectivity index (χ2n) is 5.35. The topological polar surface area (TPSA) is 60.2 Å². The van der Waals surface area contributed by atoms with E-state index in [1.54, 1.807) is 0 Å². The molecule has 1 aliphatic rings. The lowest BCUT2D eigenvalue weighted by molar-refractivity contribution is -0.141. The van der Waals surface area contributed by atoms with Gasteiger partial charge in [-0.15, -0.1) is 0 Å². The molecule has 128 valence electrons. The van der Waals surface area contributed by atoms with Crippen LogP contribution in [-0.4, -0.2) is 46.9 Å². The molecule has 0 aromatic carbocycles. The van der Waals surface area contributed by atoms with Crippen molar-refractivity contribution in [3.63, 3.8) is 0 Å². The van der Waals surface area contributed by atoms with E-state index in [9.17, 15) is 18.0 Å². The summed E-state index contributed by atoms with van der Waals surface area (Å²) in [5.74, 6) is 0.384. The monoisotopic (exact) mass is 340 g/mol. The summed E-state index contributed by atoms with van der Waals surface area (Å²) in [5.41, 5.74) is -0.202. The van der Waals surface area contributed by atoms with E-state index in [4.69, 9.17) is 4.74 Å². The van der Waals surface area contributed by atoms with Crippen LogP contribution in [0.5, 0.6) is 0 Å². The standard InChI is InChI=1S/C15H15F3N4O2/c1-10(23)12-9-20-22(14(12)21-4-6-24-7-5-21)11-2-3-13(19-8-11)15(16,17)18/h2-3,8-9H,4-7H2,1H3. The summed E-state index contributed by atoms with van der Waals surface area (Å²) in [6.07, 6.45) is -1.98. The van der Waals surface area contributed by atoms with Crippen molar-refractivity contribution in [2.24, 2.45) is 0 Å². The smallest absolute Gasteiger partial charge is 0.378 e. The van der Waals surface area contributed by atoms with E-state index >= 15 is 0 Å². The maximum absolute atomic E-state index is 12.7. The summed E-state index contributed by atoms with van der Waals surface area (Å²) in [7, 11) is 0. The van der Waals surface area contributed by atoms with Crippen molar-refractivity contribution in [2.75, 3.05) is 31.2 Å². The Kier molecular flexibility index (Phi) is 4.27. The molecule has 0 atom stereocenters. The normalized spacial score (nSPS) is 15.6. The van der Waals surface area contributed by atoms with Crippen molar-refractivity contribution in [3.05, 3.63) is 35.8 Å². The molecule has 3 heterocycles. The molecule has 1 saturated heterocycles. The number of rotatable bonds is 3. The molecule has 24 heavy (non-hydrogen) atoms. The molecule has 0 spiro atoms. The number of Topliss-reactive ketones (excluding diaryl/α,β-unsaturated/α-hetero) is 1. The van der Waals surface area contributed by atoms with Crippen LogP contribution in [0.25, 0.3) is 5.69 Å². The third kappa shape index (κ3) is 3.12. The lowest BCUT2D eigenvalue weighted by atomic mass is 10.2. The van der Waals surface area contributed by atoms with Crippen LogP contribution in [-0.2, 0) is 10.9 Å². The van der Waals surface area contributed by atoms with Crippen LogP contribution in [0.2, 0.25) is 0 Å². The van der Waals surface area contributed by atoms with Gasteiger partial charge in [-0.1, -0.05) is 0 Å². The van der Waals surface area contributed by atoms with Gasteiger partial charge in [-0.2, -0.15) is 18.3 Å². The fourth-order valence-corrected chi connectivity index (χ4v) is 2.54. The lowest BCUT2D eigenvalue weighted by Crippen LogP contribution is -2.38. The first-order chi connectivity index (χ1) is 11.4. The van der Waals surface area contributed by atoms with Gasteiger partial charge in [0.1, 0.15) is 11.5 Å². The van der Waals surface area contributed by atoms with E-state index in [0.717, 1.165) is 12.3 Å². The summed E-state index contributed by atoms with van der Waals surface area (Å²) < 4.78 is 44.7. The van der Waals surface area contributed by atoms with Crippen molar-refractivity contribution in [1.82, 2.24) is 14.8 Å². The molecule has 1 fully saturated rings. The Balaban J connectivity index is 2.02. The predicted molar refractivity (Wildman–Crippen MR) is 79.4 cm³/mol. The predicted octanol–water partition coefficient (Wildman–Crippen LogP) is 2.33. The highest BCUT2D eigenvalue weighted by molar-refractivity contribution is 5.99. The highest BCUT2D eigenvalue weighted by Gasteiger charge is 2.32. The Bertz CT molecular complexity index is 734. The third-order valence-corrected chi connectivity index (χ3v) is 3.72. The second kappa shape index (κ2) is 6.23. The molecular formula is C15H15F3N4O2. The SMILES string of the molecule is CC(=O)c1cnn(-c2ccc(C(F)(F)F)nc2)c1N1CCOCC1. The average Bonchev–Trinajstić information content (AvgIpc) is 3.00. The number of ketones is 1. The Morgan fingerprint density at radius 2 is 1.92 bits per heavy atom. The summed E-state index contributed by atoms with van der Waals surface area (Å²) >= 11 is 0. The van der Waals surface area contributed by atoms with E-state index in [2.05, 4.69) is 10.1 Å². The van der Waals surface area contributed by atoms with Crippen molar-refractivity contribution in [1.29, 1.82) is 0 Å². The fourth-order valence-electron chi connectivity index (χ4n) is 2.54. The molecule has 2 aromatic heterocycles. The molecule has 2 aromatic rings. The first-order valence-electron chi connectivity index (χ1n) is 7.33. The highest BCUT2D eigenvalue weighted by Crippen LogP contribution is 2.29. The van der Waals surface area contributed by atoms with Gasteiger partial charge in [0, 0.05) is 13.1 Å². The molecule has 0 saturated carbocycles. The van der Waals surface area contributed by atoms with Gasteiger partial charge in [0.05, 0.1) is 36.9 Å². The number of carbonyl (C=O) groups excluding carboxylic acids is 1. The van der Waals surface area contributed by atoms with Crippen LogP contribution in [0.15, 0.2) is 24.5 Å². The van der Waals surface area contributed by atoms with Crippen LogP contribution < -0.4 is 4.90 Å². The minimum absolute atomic E-state index is 0.164. The maximum atomic E-state index is 12.7. The Hall–Kier alpha value is -2.42. The molecular weight excluding hydrogens is 325 g/mol. The van der Waals surface area contributed by atoms with Crippen molar-refractivity contribution >= 4 is 11.6 Å². The summed E-state index contributed by atoms with van der Waals surface area (Å²) in [6.45, 7) is 3.58. The quantitative estimate of drug-likeness (QED) is 0.803. The molecule has 0 aliphatic carbocycles. The van der Waals surface area contributed by atoms with Gasteiger partial charge in [0.25, 0.3) is 0 Å². The number of carbonyl (C=O) groups is 1. The van der Waals surface area contributed by atoms with Crippen LogP contribution >= 0.6 is 0 Å². The van der Waals surface area contributed by atoms with Crippen LogP contribution in [0.1, 0.15) is 23.0 Å². The molecule has 6 nitrogen and oxygen atoms in total. The van der Waals surface area contributed by atoms with E-state index in [1.807, 2.05) is 4.90 Å². The van der Waals surface area contributed by atoms with E-state index in [1.165, 1.54) is 23.9 Å². The number of alkyl halides is 3. The lowest BCUT2D eigenvalue weighted by Gasteiger charge is -2.29. The van der Waals surface area contributed by atoms with E-state index in [-0.39, 0.29) is 5.78 Å². The van der Waals surface area contributed by atoms with E-state index < -0.39 is 11.9 Å². The zero-order valence-corrected chi connectivity index (χ0v) is 12.9. The van der Waals surface area contributed by atoms with Gasteiger partial charge in [-0.25, -0.2) is 9.67 Å². The Morgan fingerprint density at radius 3 is 2.46 bits per heavy atom. The van der Waals surface area contributed by atoms with Crippen molar-refractivity contribution in [2.45, 2.75) is 13.1 Å². The van der Waals surface area contributed by atoms with Gasteiger partial charge in [0.2, 0.25) is 0 Å². The summed E-state index contributed by atoms with van der Waals surface area (Å²) in [6, 6.07) is 2.18. The van der Waals surface area contributed by atoms with Gasteiger partial charge >= 0.3 is 6.18 Å². The zero-order chi connectivity index (χ0) is 17.3. The van der Waals surface area contributed by atoms with Crippen LogP contribution in [0.4, 0.5) is 19.0 Å². The van der Waals surface area contributed by atoms with Crippen molar-refractivity contribution in [3.8, 4) is 5.69 Å². The molecule has 0 N–H and O–H groups in total. The number of nitrogens with zero attached hydrogens (tertiary/aromatic N) is 4. The highest BCUT2D eigenvalue weighted by atomic mass is 19.4.